The second-order valence-corrected chi connectivity index (χ2v) is 4.98. The zero-order valence-corrected chi connectivity index (χ0v) is 9.48. The first kappa shape index (κ1) is 11.6. The van der Waals surface area contributed by atoms with Crippen LogP contribution < -0.4 is 0 Å². The molecule has 1 atom stereocenters. The van der Waals surface area contributed by atoms with E-state index in [-0.39, 0.29) is 0 Å². The van der Waals surface area contributed by atoms with Gasteiger partial charge in [0.15, 0.2) is 4.90 Å². The van der Waals surface area contributed by atoms with E-state index in [9.17, 15) is 4.55 Å². The fourth-order valence-electron chi connectivity index (χ4n) is 1.34. The summed E-state index contributed by atoms with van der Waals surface area (Å²) in [6, 6.07) is 8.07. The van der Waals surface area contributed by atoms with Gasteiger partial charge in [0.2, 0.25) is 0 Å². The zero-order chi connectivity index (χ0) is 10.4. The van der Waals surface area contributed by atoms with Crippen LogP contribution in [0.2, 0.25) is 0 Å². The van der Waals surface area contributed by atoms with Crippen LogP contribution in [0.3, 0.4) is 0 Å². The fourth-order valence-corrected chi connectivity index (χ4v) is 2.18. The zero-order valence-electron chi connectivity index (χ0n) is 8.66. The molecule has 0 bridgehead atoms. The van der Waals surface area contributed by atoms with Crippen LogP contribution in [0.4, 0.5) is 0 Å². The van der Waals surface area contributed by atoms with E-state index >= 15 is 0 Å². The minimum absolute atomic E-state index is 0.693. The molecular formula is C12H17OS. The third-order valence-electron chi connectivity index (χ3n) is 2.14. The van der Waals surface area contributed by atoms with Crippen molar-refractivity contribution in [3.05, 3.63) is 36.8 Å². The molecule has 1 nitrogen and oxygen atoms in total. The Morgan fingerprint density at radius 2 is 2.21 bits per heavy atom. The molecule has 1 radical (unpaired) electrons. The summed E-state index contributed by atoms with van der Waals surface area (Å²) >= 11 is -0.822. The van der Waals surface area contributed by atoms with Crippen LogP contribution in [0.1, 0.15) is 25.3 Å². The molecule has 0 aliphatic heterocycles. The molecular weight excluding hydrogens is 192 g/mol. The van der Waals surface area contributed by atoms with Gasteiger partial charge in [-0.25, -0.2) is 0 Å². The Balaban J connectivity index is 2.68. The Hall–Kier alpha value is -0.470. The summed E-state index contributed by atoms with van der Waals surface area (Å²) < 4.78 is 11.5. The van der Waals surface area contributed by atoms with E-state index < -0.39 is 11.2 Å². The Labute approximate surface area is 89.7 Å². The number of hydrogen-bond acceptors (Lipinski definition) is 1. The van der Waals surface area contributed by atoms with E-state index in [1.54, 1.807) is 0 Å². The van der Waals surface area contributed by atoms with Gasteiger partial charge in [0.25, 0.3) is 0 Å². The molecule has 1 unspecified atom stereocenters. The van der Waals surface area contributed by atoms with Gasteiger partial charge >= 0.3 is 0 Å². The number of rotatable bonds is 5. The maximum absolute atomic E-state index is 11.5. The second kappa shape index (κ2) is 6.10. The van der Waals surface area contributed by atoms with E-state index in [1.165, 1.54) is 5.56 Å². The second-order valence-electron chi connectivity index (χ2n) is 3.24. The Bertz CT molecular complexity index is 273. The molecule has 0 heterocycles. The minimum Gasteiger partial charge on any atom is -0.611 e. The van der Waals surface area contributed by atoms with Crippen LogP contribution in [0.15, 0.2) is 29.2 Å². The lowest BCUT2D eigenvalue weighted by molar-refractivity contribution is 0.596. The number of hydrogen-bond donors (Lipinski definition) is 0. The van der Waals surface area contributed by atoms with Crippen molar-refractivity contribution in [2.75, 3.05) is 5.75 Å². The Kier molecular flexibility index (Phi) is 5.05. The third kappa shape index (κ3) is 3.35. The van der Waals surface area contributed by atoms with Crippen molar-refractivity contribution in [2.45, 2.75) is 31.1 Å². The van der Waals surface area contributed by atoms with Gasteiger partial charge in [-0.1, -0.05) is 25.5 Å². The lowest BCUT2D eigenvalue weighted by Gasteiger charge is -2.08. The predicted molar refractivity (Wildman–Crippen MR) is 61.7 cm³/mol. The molecule has 0 aliphatic rings. The highest BCUT2D eigenvalue weighted by molar-refractivity contribution is 7.91. The fraction of sp³-hybridized carbons (Fsp3) is 0.417. The van der Waals surface area contributed by atoms with Gasteiger partial charge < -0.3 is 4.55 Å². The average Bonchev–Trinajstić information content (AvgIpc) is 2.25. The molecule has 0 fully saturated rings. The molecule has 2 heteroatoms. The van der Waals surface area contributed by atoms with E-state index in [0.717, 1.165) is 24.2 Å². The van der Waals surface area contributed by atoms with E-state index in [1.807, 2.05) is 19.1 Å². The van der Waals surface area contributed by atoms with Gasteiger partial charge in [-0.05, 0) is 48.6 Å². The van der Waals surface area contributed by atoms with E-state index in [0.29, 0.717) is 5.75 Å². The number of aryl methyl sites for hydroxylation is 1. The summed E-state index contributed by atoms with van der Waals surface area (Å²) in [5, 5.41) is 0. The highest BCUT2D eigenvalue weighted by Gasteiger charge is 2.07. The van der Waals surface area contributed by atoms with Gasteiger partial charge in [-0.2, -0.15) is 0 Å². The molecule has 0 aliphatic carbocycles. The highest BCUT2D eigenvalue weighted by Crippen LogP contribution is 2.14. The van der Waals surface area contributed by atoms with E-state index in [2.05, 4.69) is 19.1 Å². The summed E-state index contributed by atoms with van der Waals surface area (Å²) in [6.07, 6.45) is 3.10. The van der Waals surface area contributed by atoms with Crippen molar-refractivity contribution in [1.82, 2.24) is 0 Å². The van der Waals surface area contributed by atoms with Gasteiger partial charge in [0.1, 0.15) is 5.75 Å². The summed E-state index contributed by atoms with van der Waals surface area (Å²) in [5.41, 5.74) is 1.27. The van der Waals surface area contributed by atoms with Gasteiger partial charge in [0, 0.05) is 0 Å². The molecule has 0 aromatic heterocycles. The molecule has 0 amide bonds. The molecule has 77 valence electrons. The first-order valence-corrected chi connectivity index (χ1v) is 6.36. The maximum atomic E-state index is 11.5. The highest BCUT2D eigenvalue weighted by atomic mass is 32.2. The predicted octanol–water partition coefficient (Wildman–Crippen LogP) is 2.97. The number of benzene rings is 1. The van der Waals surface area contributed by atoms with Crippen molar-refractivity contribution in [3.63, 3.8) is 0 Å². The van der Waals surface area contributed by atoms with E-state index in [4.69, 9.17) is 0 Å². The SMILES string of the molecule is [CH2]CCCc1cccc([S+]([O-])CC)c1. The van der Waals surface area contributed by atoms with Gasteiger partial charge in [0.05, 0.1) is 0 Å². The van der Waals surface area contributed by atoms with Crippen LogP contribution in [-0.2, 0) is 17.6 Å². The largest absolute Gasteiger partial charge is 0.611 e. The van der Waals surface area contributed by atoms with Crippen molar-refractivity contribution in [1.29, 1.82) is 0 Å². The monoisotopic (exact) mass is 209 g/mol. The molecule has 0 N–H and O–H groups in total. The van der Waals surface area contributed by atoms with Crippen LogP contribution in [0, 0.1) is 6.92 Å². The minimum atomic E-state index is -0.822. The van der Waals surface area contributed by atoms with Gasteiger partial charge in [-0.15, -0.1) is 0 Å². The normalized spacial score (nSPS) is 12.8. The first-order valence-electron chi connectivity index (χ1n) is 5.04. The topological polar surface area (TPSA) is 23.1 Å². The van der Waals surface area contributed by atoms with Crippen LogP contribution in [0.25, 0.3) is 0 Å². The van der Waals surface area contributed by atoms with Crippen molar-refractivity contribution in [2.24, 2.45) is 0 Å². The molecule has 1 aromatic rings. The van der Waals surface area contributed by atoms with Crippen LogP contribution >= 0.6 is 0 Å². The molecule has 0 spiro atoms. The standard InChI is InChI=1S/C12H17OS/c1-3-5-7-11-8-6-9-12(10-11)14(13)4-2/h6,8-10H,1,3-5,7H2,2H3. The molecule has 1 aromatic carbocycles. The summed E-state index contributed by atoms with van der Waals surface area (Å²) in [4.78, 5) is 0.953. The maximum Gasteiger partial charge on any atom is 0.152 e. The lowest BCUT2D eigenvalue weighted by atomic mass is 10.1. The van der Waals surface area contributed by atoms with Crippen molar-refractivity contribution >= 4 is 11.2 Å². The van der Waals surface area contributed by atoms with Gasteiger partial charge in [-0.3, -0.25) is 0 Å². The smallest absolute Gasteiger partial charge is 0.152 e. The summed E-state index contributed by atoms with van der Waals surface area (Å²) in [7, 11) is 0. The van der Waals surface area contributed by atoms with Crippen molar-refractivity contribution < 1.29 is 4.55 Å². The molecule has 1 rings (SSSR count). The van der Waals surface area contributed by atoms with Crippen LogP contribution in [-0.4, -0.2) is 10.3 Å². The van der Waals surface area contributed by atoms with Crippen LogP contribution in [0.5, 0.6) is 0 Å². The summed E-state index contributed by atoms with van der Waals surface area (Å²) in [6.45, 7) is 5.76. The molecule has 14 heavy (non-hydrogen) atoms. The Morgan fingerprint density at radius 1 is 1.43 bits per heavy atom. The quantitative estimate of drug-likeness (QED) is 0.684. The Morgan fingerprint density at radius 3 is 2.86 bits per heavy atom. The average molecular weight is 209 g/mol. The first-order chi connectivity index (χ1) is 6.77. The molecule has 0 saturated heterocycles. The lowest BCUT2D eigenvalue weighted by Crippen LogP contribution is -2.04. The summed E-state index contributed by atoms with van der Waals surface area (Å²) in [5.74, 6) is 0.693. The number of unbranched alkanes of at least 4 members (excludes halogenated alkanes) is 1. The third-order valence-corrected chi connectivity index (χ3v) is 3.44. The molecule has 0 saturated carbocycles. The van der Waals surface area contributed by atoms with Crippen molar-refractivity contribution in [3.8, 4) is 0 Å².